The van der Waals surface area contributed by atoms with Gasteiger partial charge in [0.2, 0.25) is 0 Å². The second-order valence-electron chi connectivity index (χ2n) is 5.45. The van der Waals surface area contributed by atoms with Crippen molar-refractivity contribution in [1.82, 2.24) is 4.57 Å². The van der Waals surface area contributed by atoms with Crippen LogP contribution in [0.15, 0.2) is 18.3 Å². The predicted molar refractivity (Wildman–Crippen MR) is 87.3 cm³/mol. The van der Waals surface area contributed by atoms with Gasteiger partial charge in [-0.15, -0.1) is 0 Å². The van der Waals surface area contributed by atoms with Crippen molar-refractivity contribution in [2.75, 3.05) is 20.0 Å². The molecule has 1 heterocycles. The van der Waals surface area contributed by atoms with Crippen molar-refractivity contribution in [3.8, 4) is 11.8 Å². The van der Waals surface area contributed by atoms with E-state index in [-0.39, 0.29) is 33.8 Å². The number of aromatic nitrogens is 1. The second-order valence-corrected chi connectivity index (χ2v) is 5.45. The van der Waals surface area contributed by atoms with Gasteiger partial charge in [0.25, 0.3) is 0 Å². The zero-order valence-electron chi connectivity index (χ0n) is 14.5. The molecule has 0 amide bonds. The maximum absolute atomic E-state index is 13.3. The molecule has 0 atom stereocenters. The first-order chi connectivity index (χ1) is 12.6. The van der Waals surface area contributed by atoms with Crippen LogP contribution in [0.4, 0.5) is 18.9 Å². The van der Waals surface area contributed by atoms with Gasteiger partial charge in [0, 0.05) is 6.20 Å². The smallest absolute Gasteiger partial charge is 0.416 e. The van der Waals surface area contributed by atoms with Crippen LogP contribution in [0.2, 0.25) is 0 Å². The van der Waals surface area contributed by atoms with Gasteiger partial charge in [-0.05, 0) is 24.6 Å². The summed E-state index contributed by atoms with van der Waals surface area (Å²) < 4.78 is 50.2. The molecule has 1 aromatic carbocycles. The number of esters is 2. The number of nitrogens with zero attached hydrogens (tertiary/aromatic N) is 2. The van der Waals surface area contributed by atoms with Crippen molar-refractivity contribution in [2.45, 2.75) is 13.1 Å². The molecule has 2 N–H and O–H groups in total. The number of anilines is 1. The van der Waals surface area contributed by atoms with Crippen molar-refractivity contribution >= 4 is 17.6 Å². The molecule has 1 aromatic heterocycles. The van der Waals surface area contributed by atoms with Gasteiger partial charge in [0.05, 0.1) is 42.3 Å². The van der Waals surface area contributed by atoms with Crippen molar-refractivity contribution in [1.29, 1.82) is 5.26 Å². The minimum atomic E-state index is -4.71. The number of nitrogens with two attached hydrogens (primary N) is 1. The van der Waals surface area contributed by atoms with E-state index in [0.717, 1.165) is 31.0 Å². The molecule has 0 aliphatic heterocycles. The van der Waals surface area contributed by atoms with Gasteiger partial charge < -0.3 is 19.8 Å². The third-order valence-corrected chi connectivity index (χ3v) is 3.86. The molecule has 2 aromatic rings. The Kier molecular flexibility index (Phi) is 5.16. The average molecular weight is 381 g/mol. The number of rotatable bonds is 3. The summed E-state index contributed by atoms with van der Waals surface area (Å²) in [4.78, 5) is 24.2. The Hall–Kier alpha value is -3.48. The molecule has 0 unspecified atom stereocenters. The van der Waals surface area contributed by atoms with Gasteiger partial charge in [0.15, 0.2) is 5.69 Å². The Labute approximate surface area is 151 Å². The highest BCUT2D eigenvalue weighted by molar-refractivity contribution is 5.98. The molecular weight excluding hydrogens is 367 g/mol. The standard InChI is InChI=1S/C17H14F3N3O4/c1-8-4-10(15(24)26-2)12(5-11(8)17(18,19)20)23-7-9(6-21)13(22)14(23)16(25)27-3/h4-5,7H,22H2,1-3H3. The molecule has 0 saturated heterocycles. The van der Waals surface area contributed by atoms with E-state index in [2.05, 4.69) is 9.47 Å². The highest BCUT2D eigenvalue weighted by Crippen LogP contribution is 2.36. The number of halogens is 3. The van der Waals surface area contributed by atoms with Crippen LogP contribution in [0.25, 0.3) is 5.69 Å². The monoisotopic (exact) mass is 381 g/mol. The third-order valence-electron chi connectivity index (χ3n) is 3.86. The Morgan fingerprint density at radius 2 is 1.78 bits per heavy atom. The molecule has 0 aliphatic carbocycles. The second kappa shape index (κ2) is 7.03. The normalized spacial score (nSPS) is 11.0. The minimum Gasteiger partial charge on any atom is -0.465 e. The summed E-state index contributed by atoms with van der Waals surface area (Å²) in [5, 5.41) is 9.14. The van der Waals surface area contributed by atoms with Crippen LogP contribution in [-0.2, 0) is 15.7 Å². The van der Waals surface area contributed by atoms with Crippen LogP contribution in [-0.4, -0.2) is 30.7 Å². The molecule has 0 spiro atoms. The van der Waals surface area contributed by atoms with Crippen molar-refractivity contribution in [2.24, 2.45) is 0 Å². The van der Waals surface area contributed by atoms with E-state index in [1.807, 2.05) is 0 Å². The number of alkyl halides is 3. The molecular formula is C17H14F3N3O4. The molecule has 0 radical (unpaired) electrons. The molecule has 2 rings (SSSR count). The highest BCUT2D eigenvalue weighted by Gasteiger charge is 2.35. The van der Waals surface area contributed by atoms with Gasteiger partial charge in [-0.2, -0.15) is 18.4 Å². The zero-order chi connectivity index (χ0) is 20.5. The van der Waals surface area contributed by atoms with E-state index in [4.69, 9.17) is 11.0 Å². The number of ether oxygens (including phenoxy) is 2. The van der Waals surface area contributed by atoms with E-state index in [9.17, 15) is 22.8 Å². The number of nitrogen functional groups attached to an aromatic ring is 1. The molecule has 27 heavy (non-hydrogen) atoms. The van der Waals surface area contributed by atoms with E-state index in [0.29, 0.717) is 6.07 Å². The quantitative estimate of drug-likeness (QED) is 0.820. The maximum Gasteiger partial charge on any atom is 0.416 e. The fraction of sp³-hybridized carbons (Fsp3) is 0.235. The summed E-state index contributed by atoms with van der Waals surface area (Å²) in [5.74, 6) is -1.91. The van der Waals surface area contributed by atoms with E-state index >= 15 is 0 Å². The lowest BCUT2D eigenvalue weighted by atomic mass is 10.0. The van der Waals surface area contributed by atoms with E-state index < -0.39 is 23.7 Å². The molecule has 0 saturated carbocycles. The predicted octanol–water partition coefficient (Wildman–Crippen LogP) is 2.83. The molecule has 0 aliphatic rings. The van der Waals surface area contributed by atoms with Crippen molar-refractivity contribution in [3.63, 3.8) is 0 Å². The Bertz CT molecular complexity index is 971. The Morgan fingerprint density at radius 3 is 2.26 bits per heavy atom. The lowest BCUT2D eigenvalue weighted by Crippen LogP contribution is -2.17. The first-order valence-corrected chi connectivity index (χ1v) is 7.36. The summed E-state index contributed by atoms with van der Waals surface area (Å²) in [6.07, 6.45) is -3.66. The average Bonchev–Trinajstić information content (AvgIpc) is 2.95. The maximum atomic E-state index is 13.3. The number of benzene rings is 1. The van der Waals surface area contributed by atoms with Crippen molar-refractivity contribution < 1.29 is 32.2 Å². The lowest BCUT2D eigenvalue weighted by molar-refractivity contribution is -0.138. The fourth-order valence-corrected chi connectivity index (χ4v) is 2.58. The summed E-state index contributed by atoms with van der Waals surface area (Å²) in [6.45, 7) is 1.19. The van der Waals surface area contributed by atoms with Gasteiger partial charge in [0.1, 0.15) is 6.07 Å². The first kappa shape index (κ1) is 19.8. The SMILES string of the molecule is COC(=O)c1cc(C)c(C(F)(F)F)cc1-n1cc(C#N)c(N)c1C(=O)OC. The first-order valence-electron chi connectivity index (χ1n) is 7.36. The lowest BCUT2D eigenvalue weighted by Gasteiger charge is -2.17. The van der Waals surface area contributed by atoms with Crippen LogP contribution < -0.4 is 5.73 Å². The number of aryl methyl sites for hydroxylation is 1. The molecule has 0 bridgehead atoms. The van der Waals surface area contributed by atoms with Gasteiger partial charge in [-0.25, -0.2) is 9.59 Å². The number of nitriles is 1. The zero-order valence-corrected chi connectivity index (χ0v) is 14.5. The van der Waals surface area contributed by atoms with Crippen LogP contribution >= 0.6 is 0 Å². The molecule has 10 heteroatoms. The Morgan fingerprint density at radius 1 is 1.19 bits per heavy atom. The largest absolute Gasteiger partial charge is 0.465 e. The summed E-state index contributed by atoms with van der Waals surface area (Å²) in [6, 6.07) is 3.41. The highest BCUT2D eigenvalue weighted by atomic mass is 19.4. The fourth-order valence-electron chi connectivity index (χ4n) is 2.58. The third kappa shape index (κ3) is 3.44. The van der Waals surface area contributed by atoms with E-state index in [1.54, 1.807) is 6.07 Å². The van der Waals surface area contributed by atoms with Gasteiger partial charge >= 0.3 is 18.1 Å². The van der Waals surface area contributed by atoms with Crippen LogP contribution in [0, 0.1) is 18.3 Å². The van der Waals surface area contributed by atoms with Crippen molar-refractivity contribution in [3.05, 3.63) is 46.3 Å². The van der Waals surface area contributed by atoms with Gasteiger partial charge in [-0.3, -0.25) is 0 Å². The summed E-state index contributed by atoms with van der Waals surface area (Å²) >= 11 is 0. The topological polar surface area (TPSA) is 107 Å². The number of carbonyl (C=O) groups is 2. The van der Waals surface area contributed by atoms with Crippen LogP contribution in [0.5, 0.6) is 0 Å². The number of methoxy groups -OCH3 is 2. The summed E-state index contributed by atoms with van der Waals surface area (Å²) in [7, 11) is 2.10. The molecule has 7 nitrogen and oxygen atoms in total. The summed E-state index contributed by atoms with van der Waals surface area (Å²) in [5.41, 5.74) is 3.12. The number of carbonyl (C=O) groups excluding carboxylic acids is 2. The van der Waals surface area contributed by atoms with Crippen LogP contribution in [0.1, 0.15) is 37.5 Å². The molecule has 142 valence electrons. The van der Waals surface area contributed by atoms with Crippen LogP contribution in [0.3, 0.4) is 0 Å². The minimum absolute atomic E-state index is 0.166. The number of hydrogen-bond donors (Lipinski definition) is 1. The Balaban J connectivity index is 2.95. The van der Waals surface area contributed by atoms with E-state index in [1.165, 1.54) is 6.92 Å². The molecule has 0 fully saturated rings. The van der Waals surface area contributed by atoms with Gasteiger partial charge in [-0.1, -0.05) is 0 Å². The number of hydrogen-bond acceptors (Lipinski definition) is 6.